The van der Waals surface area contributed by atoms with Crippen LogP contribution in [-0.2, 0) is 0 Å². The zero-order valence-corrected chi connectivity index (χ0v) is 10.6. The maximum absolute atomic E-state index is 5.28. The number of ether oxygens (including phenoxy) is 1. The molecule has 2 N–H and O–H groups in total. The smallest absolute Gasteiger partial charge is 0.168 e. The van der Waals surface area contributed by atoms with Crippen LogP contribution in [0.5, 0.6) is 5.75 Å². The van der Waals surface area contributed by atoms with Gasteiger partial charge in [-0.25, -0.2) is 4.98 Å². The van der Waals surface area contributed by atoms with Crippen molar-refractivity contribution < 1.29 is 4.74 Å². The highest BCUT2D eigenvalue weighted by Crippen LogP contribution is 2.29. The van der Waals surface area contributed by atoms with E-state index >= 15 is 0 Å². The lowest BCUT2D eigenvalue weighted by Gasteiger charge is -2.34. The third kappa shape index (κ3) is 3.09. The van der Waals surface area contributed by atoms with Crippen molar-refractivity contribution in [2.45, 2.75) is 19.8 Å². The molecular formula is C13H21N3O. The summed E-state index contributed by atoms with van der Waals surface area (Å²) in [5.41, 5.74) is 0.355. The van der Waals surface area contributed by atoms with Gasteiger partial charge in [0.15, 0.2) is 11.6 Å². The van der Waals surface area contributed by atoms with Crippen LogP contribution in [0.4, 0.5) is 5.82 Å². The summed E-state index contributed by atoms with van der Waals surface area (Å²) in [7, 11) is 1.68. The first-order valence-corrected chi connectivity index (χ1v) is 6.17. The van der Waals surface area contributed by atoms with Crippen molar-refractivity contribution in [3.05, 3.63) is 18.3 Å². The summed E-state index contributed by atoms with van der Waals surface area (Å²) in [6, 6.07) is 3.82. The molecule has 2 rings (SSSR count). The van der Waals surface area contributed by atoms with Crippen LogP contribution >= 0.6 is 0 Å². The summed E-state index contributed by atoms with van der Waals surface area (Å²) >= 11 is 0. The van der Waals surface area contributed by atoms with Crippen LogP contribution in [0.3, 0.4) is 0 Å². The second kappa shape index (κ2) is 5.36. The average molecular weight is 235 g/mol. The van der Waals surface area contributed by atoms with Crippen LogP contribution in [-0.4, -0.2) is 31.7 Å². The number of methoxy groups -OCH3 is 1. The molecule has 1 saturated heterocycles. The summed E-state index contributed by atoms with van der Waals surface area (Å²) in [6.07, 6.45) is 4.19. The van der Waals surface area contributed by atoms with Crippen LogP contribution in [0.2, 0.25) is 0 Å². The van der Waals surface area contributed by atoms with Crippen LogP contribution in [0.25, 0.3) is 0 Å². The van der Waals surface area contributed by atoms with E-state index in [0.29, 0.717) is 5.41 Å². The van der Waals surface area contributed by atoms with Crippen molar-refractivity contribution in [2.24, 2.45) is 5.41 Å². The van der Waals surface area contributed by atoms with Gasteiger partial charge < -0.3 is 15.4 Å². The Morgan fingerprint density at radius 3 is 2.94 bits per heavy atom. The highest BCUT2D eigenvalue weighted by atomic mass is 16.5. The van der Waals surface area contributed by atoms with Crippen LogP contribution < -0.4 is 15.4 Å². The second-order valence-electron chi connectivity index (χ2n) is 4.97. The molecule has 1 aliphatic heterocycles. The number of aromatic nitrogens is 1. The van der Waals surface area contributed by atoms with Crippen molar-refractivity contribution in [3.8, 4) is 5.75 Å². The summed E-state index contributed by atoms with van der Waals surface area (Å²) in [5, 5.41) is 6.80. The number of piperidine rings is 1. The van der Waals surface area contributed by atoms with Gasteiger partial charge in [-0.15, -0.1) is 0 Å². The lowest BCUT2D eigenvalue weighted by Crippen LogP contribution is -2.39. The van der Waals surface area contributed by atoms with Gasteiger partial charge in [-0.3, -0.25) is 0 Å². The average Bonchev–Trinajstić information content (AvgIpc) is 2.38. The largest absolute Gasteiger partial charge is 0.493 e. The van der Waals surface area contributed by atoms with E-state index in [1.165, 1.54) is 12.8 Å². The predicted octanol–water partition coefficient (Wildman–Crippen LogP) is 1.89. The topological polar surface area (TPSA) is 46.2 Å². The Balaban J connectivity index is 1.96. The Hall–Kier alpha value is -1.29. The van der Waals surface area contributed by atoms with Crippen molar-refractivity contribution in [1.82, 2.24) is 10.3 Å². The van der Waals surface area contributed by atoms with Gasteiger partial charge in [0.1, 0.15) is 0 Å². The quantitative estimate of drug-likeness (QED) is 0.836. The van der Waals surface area contributed by atoms with Crippen LogP contribution in [0.15, 0.2) is 18.3 Å². The van der Waals surface area contributed by atoms with Crippen molar-refractivity contribution >= 4 is 5.82 Å². The molecule has 1 aliphatic rings. The normalized spacial score (nSPS) is 18.7. The van der Waals surface area contributed by atoms with Crippen molar-refractivity contribution in [1.29, 1.82) is 0 Å². The van der Waals surface area contributed by atoms with Gasteiger partial charge in [-0.1, -0.05) is 6.92 Å². The number of rotatable bonds is 4. The van der Waals surface area contributed by atoms with E-state index in [9.17, 15) is 0 Å². The Morgan fingerprint density at radius 1 is 1.47 bits per heavy atom. The molecular weight excluding hydrogens is 214 g/mol. The molecule has 94 valence electrons. The Bertz CT molecular complexity index is 361. The summed E-state index contributed by atoms with van der Waals surface area (Å²) in [6.45, 7) is 5.49. The third-order valence-electron chi connectivity index (χ3n) is 3.48. The van der Waals surface area contributed by atoms with E-state index in [-0.39, 0.29) is 0 Å². The third-order valence-corrected chi connectivity index (χ3v) is 3.48. The molecule has 0 aromatic carbocycles. The number of hydrogen-bond acceptors (Lipinski definition) is 4. The molecule has 0 bridgehead atoms. The highest BCUT2D eigenvalue weighted by molar-refractivity contribution is 5.49. The van der Waals surface area contributed by atoms with E-state index < -0.39 is 0 Å². The van der Waals surface area contributed by atoms with Gasteiger partial charge in [0.25, 0.3) is 0 Å². The molecule has 0 spiro atoms. The van der Waals surface area contributed by atoms with E-state index in [4.69, 9.17) is 4.74 Å². The van der Waals surface area contributed by atoms with E-state index in [0.717, 1.165) is 31.2 Å². The molecule has 2 heterocycles. The monoisotopic (exact) mass is 235 g/mol. The van der Waals surface area contributed by atoms with E-state index in [2.05, 4.69) is 22.5 Å². The first kappa shape index (κ1) is 12.2. The molecule has 4 nitrogen and oxygen atoms in total. The van der Waals surface area contributed by atoms with Gasteiger partial charge in [0, 0.05) is 12.7 Å². The zero-order valence-electron chi connectivity index (χ0n) is 10.6. The number of nitrogens with zero attached hydrogens (tertiary/aromatic N) is 1. The zero-order chi connectivity index (χ0) is 12.1. The standard InChI is InChI=1S/C13H21N3O/c1-13(5-8-14-9-6-13)10-16-12-11(17-2)4-3-7-15-12/h3-4,7,14H,5-6,8-10H2,1-2H3,(H,15,16). The predicted molar refractivity (Wildman–Crippen MR) is 69.5 cm³/mol. The minimum atomic E-state index is 0.355. The first-order valence-electron chi connectivity index (χ1n) is 6.17. The molecule has 0 radical (unpaired) electrons. The molecule has 1 aromatic heterocycles. The molecule has 1 fully saturated rings. The number of pyridine rings is 1. The Labute approximate surface area is 103 Å². The molecule has 0 amide bonds. The minimum Gasteiger partial charge on any atom is -0.493 e. The van der Waals surface area contributed by atoms with Gasteiger partial charge in [0.2, 0.25) is 0 Å². The van der Waals surface area contributed by atoms with E-state index in [1.807, 2.05) is 12.1 Å². The summed E-state index contributed by atoms with van der Waals surface area (Å²) < 4.78 is 5.28. The molecule has 0 saturated carbocycles. The SMILES string of the molecule is COc1cccnc1NCC1(C)CCNCC1. The number of hydrogen-bond donors (Lipinski definition) is 2. The fourth-order valence-electron chi connectivity index (χ4n) is 2.19. The molecule has 1 aromatic rings. The van der Waals surface area contributed by atoms with Gasteiger partial charge in [-0.05, 0) is 43.5 Å². The molecule has 4 heteroatoms. The molecule has 0 unspecified atom stereocenters. The van der Waals surface area contributed by atoms with Gasteiger partial charge in [-0.2, -0.15) is 0 Å². The lowest BCUT2D eigenvalue weighted by molar-refractivity contribution is 0.247. The summed E-state index contributed by atoms with van der Waals surface area (Å²) in [5.74, 6) is 1.65. The highest BCUT2D eigenvalue weighted by Gasteiger charge is 2.26. The number of nitrogens with one attached hydrogen (secondary N) is 2. The lowest BCUT2D eigenvalue weighted by atomic mass is 9.81. The Kier molecular flexibility index (Phi) is 3.84. The van der Waals surface area contributed by atoms with E-state index in [1.54, 1.807) is 13.3 Å². The first-order chi connectivity index (χ1) is 8.23. The number of anilines is 1. The minimum absolute atomic E-state index is 0.355. The molecule has 17 heavy (non-hydrogen) atoms. The summed E-state index contributed by atoms with van der Waals surface area (Å²) in [4.78, 5) is 4.31. The molecule has 0 atom stereocenters. The fourth-order valence-corrected chi connectivity index (χ4v) is 2.19. The second-order valence-corrected chi connectivity index (χ2v) is 4.97. The maximum atomic E-state index is 5.28. The van der Waals surface area contributed by atoms with Crippen LogP contribution in [0.1, 0.15) is 19.8 Å². The molecule has 0 aliphatic carbocycles. The van der Waals surface area contributed by atoms with Gasteiger partial charge in [0.05, 0.1) is 7.11 Å². The maximum Gasteiger partial charge on any atom is 0.168 e. The Morgan fingerprint density at radius 2 is 2.24 bits per heavy atom. The van der Waals surface area contributed by atoms with Crippen molar-refractivity contribution in [2.75, 3.05) is 32.1 Å². The fraction of sp³-hybridized carbons (Fsp3) is 0.615. The van der Waals surface area contributed by atoms with Crippen LogP contribution in [0, 0.1) is 5.41 Å². The van der Waals surface area contributed by atoms with Gasteiger partial charge >= 0.3 is 0 Å². The van der Waals surface area contributed by atoms with Crippen molar-refractivity contribution in [3.63, 3.8) is 0 Å².